The van der Waals surface area contributed by atoms with E-state index in [1.807, 2.05) is 0 Å². The minimum atomic E-state index is -3.61. The number of nitrogens with zero attached hydrogens (tertiary/aromatic N) is 1. The molecule has 2 N–H and O–H groups in total. The molecule has 0 bridgehead atoms. The van der Waals surface area contributed by atoms with Crippen molar-refractivity contribution in [3.8, 4) is 0 Å². The van der Waals surface area contributed by atoms with Gasteiger partial charge < -0.3 is 10.4 Å². The van der Waals surface area contributed by atoms with Gasteiger partial charge in [0.15, 0.2) is 0 Å². The third kappa shape index (κ3) is 3.13. The van der Waals surface area contributed by atoms with Crippen LogP contribution in [0, 0.1) is 0 Å². The van der Waals surface area contributed by atoms with Gasteiger partial charge in [0, 0.05) is 23.6 Å². The Morgan fingerprint density at radius 2 is 2.15 bits per heavy atom. The summed E-state index contributed by atoms with van der Waals surface area (Å²) >= 11 is 3.25. The summed E-state index contributed by atoms with van der Waals surface area (Å²) in [4.78, 5) is 10.8. The number of benzene rings is 1. The van der Waals surface area contributed by atoms with Gasteiger partial charge in [-0.25, -0.2) is 13.2 Å². The molecule has 1 aliphatic heterocycles. The highest BCUT2D eigenvalue weighted by Gasteiger charge is 2.36. The molecule has 0 unspecified atom stereocenters. The summed E-state index contributed by atoms with van der Waals surface area (Å²) in [7, 11) is -3.61. The first kappa shape index (κ1) is 15.3. The average molecular weight is 363 g/mol. The van der Waals surface area contributed by atoms with Gasteiger partial charge >= 0.3 is 6.09 Å². The minimum Gasteiger partial charge on any atom is -0.465 e. The largest absolute Gasteiger partial charge is 0.465 e. The fraction of sp³-hybridized carbons (Fsp3) is 0.417. The number of rotatable bonds is 4. The molecule has 110 valence electrons. The van der Waals surface area contributed by atoms with E-state index in [4.69, 9.17) is 5.11 Å². The quantitative estimate of drug-likeness (QED) is 0.855. The number of halogens is 1. The van der Waals surface area contributed by atoms with Crippen molar-refractivity contribution in [2.24, 2.45) is 0 Å². The monoisotopic (exact) mass is 362 g/mol. The number of sulfonamides is 1. The lowest BCUT2D eigenvalue weighted by atomic mass is 10.2. The van der Waals surface area contributed by atoms with E-state index in [1.54, 1.807) is 24.3 Å². The maximum absolute atomic E-state index is 12.6. The van der Waals surface area contributed by atoms with Crippen LogP contribution in [0.5, 0.6) is 0 Å². The maximum Gasteiger partial charge on any atom is 0.404 e. The van der Waals surface area contributed by atoms with E-state index in [0.717, 1.165) is 6.42 Å². The van der Waals surface area contributed by atoms with Crippen molar-refractivity contribution in [2.45, 2.75) is 23.8 Å². The zero-order valence-corrected chi connectivity index (χ0v) is 13.0. The summed E-state index contributed by atoms with van der Waals surface area (Å²) in [6.07, 6.45) is 0.245. The molecule has 1 saturated heterocycles. The molecule has 0 spiro atoms. The molecular weight excluding hydrogens is 348 g/mol. The van der Waals surface area contributed by atoms with Crippen LogP contribution in [0.3, 0.4) is 0 Å². The Morgan fingerprint density at radius 1 is 1.45 bits per heavy atom. The Hall–Kier alpha value is -1.12. The van der Waals surface area contributed by atoms with Gasteiger partial charge in [0.25, 0.3) is 0 Å². The lowest BCUT2D eigenvalue weighted by Crippen LogP contribution is -2.42. The summed E-state index contributed by atoms with van der Waals surface area (Å²) in [6.45, 7) is 0.522. The Labute approximate surface area is 126 Å². The number of hydrogen-bond acceptors (Lipinski definition) is 3. The first-order valence-electron chi connectivity index (χ1n) is 6.16. The summed E-state index contributed by atoms with van der Waals surface area (Å²) in [5.74, 6) is 0. The molecule has 20 heavy (non-hydrogen) atoms. The third-order valence-electron chi connectivity index (χ3n) is 3.24. The molecule has 8 heteroatoms. The molecule has 1 atom stereocenters. The lowest BCUT2D eigenvalue weighted by Gasteiger charge is -2.24. The predicted octanol–water partition coefficient (Wildman–Crippen LogP) is 1.87. The molecule has 0 saturated carbocycles. The summed E-state index contributed by atoms with van der Waals surface area (Å²) in [6, 6.07) is 6.30. The van der Waals surface area contributed by atoms with Crippen LogP contribution in [0.15, 0.2) is 33.6 Å². The Bertz CT molecular complexity index is 605. The Balaban J connectivity index is 2.24. The van der Waals surface area contributed by atoms with Gasteiger partial charge in [-0.1, -0.05) is 12.1 Å². The summed E-state index contributed by atoms with van der Waals surface area (Å²) in [5, 5.41) is 10.9. The molecule has 1 amide bonds. The molecule has 6 nitrogen and oxygen atoms in total. The highest BCUT2D eigenvalue weighted by molar-refractivity contribution is 9.10. The summed E-state index contributed by atoms with van der Waals surface area (Å²) < 4.78 is 27.2. The number of nitrogens with one attached hydrogen (secondary N) is 1. The third-order valence-corrected chi connectivity index (χ3v) is 6.20. The summed E-state index contributed by atoms with van der Waals surface area (Å²) in [5.41, 5.74) is 0. The molecule has 1 aliphatic rings. The van der Waals surface area contributed by atoms with Crippen LogP contribution in [0.2, 0.25) is 0 Å². The predicted molar refractivity (Wildman–Crippen MR) is 77.1 cm³/mol. The SMILES string of the molecule is O=C(O)NC[C@H]1CCCN1S(=O)(=O)c1ccccc1Br. The second-order valence-electron chi connectivity index (χ2n) is 4.53. The maximum atomic E-state index is 12.6. The topological polar surface area (TPSA) is 86.7 Å². The first-order chi connectivity index (χ1) is 9.43. The number of carbonyl (C=O) groups is 1. The van der Waals surface area contributed by atoms with E-state index in [1.165, 1.54) is 4.31 Å². The second kappa shape index (κ2) is 6.11. The first-order valence-corrected chi connectivity index (χ1v) is 8.39. The van der Waals surface area contributed by atoms with Crippen LogP contribution in [0.25, 0.3) is 0 Å². The van der Waals surface area contributed by atoms with Crippen molar-refractivity contribution in [1.82, 2.24) is 9.62 Å². The molecule has 1 aromatic rings. The standard InChI is InChI=1S/C12H15BrN2O4S/c13-10-5-1-2-6-11(10)20(18,19)15-7-3-4-9(15)8-14-12(16)17/h1-2,5-6,9,14H,3-4,7-8H2,(H,16,17)/t9-/m1/s1. The van der Waals surface area contributed by atoms with E-state index in [2.05, 4.69) is 21.2 Å². The van der Waals surface area contributed by atoms with E-state index in [9.17, 15) is 13.2 Å². The molecule has 2 rings (SSSR count). The van der Waals surface area contributed by atoms with E-state index in [0.29, 0.717) is 17.4 Å². The van der Waals surface area contributed by atoms with Crippen molar-refractivity contribution in [1.29, 1.82) is 0 Å². The van der Waals surface area contributed by atoms with Crippen LogP contribution < -0.4 is 5.32 Å². The molecular formula is C12H15BrN2O4S. The second-order valence-corrected chi connectivity index (χ2v) is 7.24. The van der Waals surface area contributed by atoms with Gasteiger partial charge in [-0.2, -0.15) is 4.31 Å². The van der Waals surface area contributed by atoms with Gasteiger partial charge in [-0.3, -0.25) is 0 Å². The number of carboxylic acid groups (broad SMARTS) is 1. The fourth-order valence-electron chi connectivity index (χ4n) is 2.32. The van der Waals surface area contributed by atoms with E-state index < -0.39 is 16.1 Å². The van der Waals surface area contributed by atoms with Crippen LogP contribution in [0.1, 0.15) is 12.8 Å². The van der Waals surface area contributed by atoms with Crippen molar-refractivity contribution in [2.75, 3.05) is 13.1 Å². The van der Waals surface area contributed by atoms with E-state index in [-0.39, 0.29) is 17.5 Å². The van der Waals surface area contributed by atoms with Gasteiger partial charge in [-0.05, 0) is 40.9 Å². The average Bonchev–Trinajstić information content (AvgIpc) is 2.85. The molecule has 1 heterocycles. The smallest absolute Gasteiger partial charge is 0.404 e. The van der Waals surface area contributed by atoms with Crippen molar-refractivity contribution < 1.29 is 18.3 Å². The van der Waals surface area contributed by atoms with Crippen molar-refractivity contribution in [3.63, 3.8) is 0 Å². The molecule has 1 fully saturated rings. The Kier molecular flexibility index (Phi) is 4.66. The number of hydrogen-bond donors (Lipinski definition) is 2. The fourth-order valence-corrected chi connectivity index (χ4v) is 4.97. The van der Waals surface area contributed by atoms with E-state index >= 15 is 0 Å². The van der Waals surface area contributed by atoms with Crippen LogP contribution in [0.4, 0.5) is 4.79 Å². The molecule has 0 aromatic heterocycles. The molecule has 0 aliphatic carbocycles. The number of amides is 1. The molecule has 1 aromatic carbocycles. The van der Waals surface area contributed by atoms with Crippen molar-refractivity contribution >= 4 is 32.0 Å². The van der Waals surface area contributed by atoms with Gasteiger partial charge in [0.2, 0.25) is 10.0 Å². The van der Waals surface area contributed by atoms with Crippen LogP contribution in [-0.4, -0.2) is 43.1 Å². The van der Waals surface area contributed by atoms with Crippen molar-refractivity contribution in [3.05, 3.63) is 28.7 Å². The van der Waals surface area contributed by atoms with Crippen LogP contribution in [-0.2, 0) is 10.0 Å². The Morgan fingerprint density at radius 3 is 2.80 bits per heavy atom. The van der Waals surface area contributed by atoms with Gasteiger partial charge in [-0.15, -0.1) is 0 Å². The minimum absolute atomic E-state index is 0.110. The zero-order chi connectivity index (χ0) is 14.8. The van der Waals surface area contributed by atoms with Gasteiger partial charge in [0.1, 0.15) is 0 Å². The molecule has 0 radical (unpaired) electrons. The normalized spacial score (nSPS) is 19.9. The lowest BCUT2D eigenvalue weighted by molar-refractivity contribution is 0.191. The van der Waals surface area contributed by atoms with Crippen LogP contribution >= 0.6 is 15.9 Å². The highest BCUT2D eigenvalue weighted by Crippen LogP contribution is 2.29. The highest BCUT2D eigenvalue weighted by atomic mass is 79.9. The van der Waals surface area contributed by atoms with Gasteiger partial charge in [0.05, 0.1) is 4.90 Å². The zero-order valence-electron chi connectivity index (χ0n) is 10.6.